The van der Waals surface area contributed by atoms with Gasteiger partial charge >= 0.3 is 0 Å². The molecule has 0 fully saturated rings. The summed E-state index contributed by atoms with van der Waals surface area (Å²) >= 11 is 3.29. The largest absolute Gasteiger partial charge is 0.306 e. The molecule has 2 aromatic rings. The van der Waals surface area contributed by atoms with E-state index in [1.54, 1.807) is 6.07 Å². The van der Waals surface area contributed by atoms with E-state index in [0.717, 1.165) is 18.5 Å². The zero-order valence-electron chi connectivity index (χ0n) is 12.1. The van der Waals surface area contributed by atoms with Gasteiger partial charge in [-0.1, -0.05) is 40.5 Å². The number of hydrogen-bond donors (Lipinski definition) is 1. The topological polar surface area (TPSA) is 12.0 Å². The lowest BCUT2D eigenvalue weighted by Crippen LogP contribution is -2.24. The Morgan fingerprint density at radius 1 is 1.14 bits per heavy atom. The van der Waals surface area contributed by atoms with Crippen molar-refractivity contribution in [2.45, 2.75) is 26.3 Å². The van der Waals surface area contributed by atoms with Gasteiger partial charge in [0.25, 0.3) is 0 Å². The molecule has 1 atom stereocenters. The molecule has 0 amide bonds. The Balaban J connectivity index is 2.49. The summed E-state index contributed by atoms with van der Waals surface area (Å²) in [6.07, 6.45) is 0.917. The third kappa shape index (κ3) is 4.11. The SMILES string of the molecule is CCCNC(c1cc(F)cc(Br)c1)c1cc(C)ccc1F. The molecule has 2 aromatic carbocycles. The van der Waals surface area contributed by atoms with Crippen molar-refractivity contribution in [3.8, 4) is 0 Å². The van der Waals surface area contributed by atoms with Gasteiger partial charge in [0.15, 0.2) is 0 Å². The summed E-state index contributed by atoms with van der Waals surface area (Å²) in [7, 11) is 0. The molecule has 0 radical (unpaired) electrons. The predicted molar refractivity (Wildman–Crippen MR) is 85.4 cm³/mol. The summed E-state index contributed by atoms with van der Waals surface area (Å²) in [4.78, 5) is 0. The van der Waals surface area contributed by atoms with E-state index in [9.17, 15) is 8.78 Å². The fourth-order valence-corrected chi connectivity index (χ4v) is 2.81. The van der Waals surface area contributed by atoms with Crippen LogP contribution in [-0.4, -0.2) is 6.54 Å². The third-order valence-corrected chi connectivity index (χ3v) is 3.74. The predicted octanol–water partition coefficient (Wildman–Crippen LogP) is 5.12. The molecular weight excluding hydrogens is 336 g/mol. The minimum Gasteiger partial charge on any atom is -0.306 e. The van der Waals surface area contributed by atoms with Crippen LogP contribution in [-0.2, 0) is 0 Å². The third-order valence-electron chi connectivity index (χ3n) is 3.28. The molecule has 0 bridgehead atoms. The average molecular weight is 354 g/mol. The quantitative estimate of drug-likeness (QED) is 0.785. The lowest BCUT2D eigenvalue weighted by Gasteiger charge is -2.21. The fourth-order valence-electron chi connectivity index (χ4n) is 2.32. The second kappa shape index (κ2) is 7.14. The molecule has 0 aliphatic rings. The van der Waals surface area contributed by atoms with E-state index in [1.807, 2.05) is 26.0 Å². The van der Waals surface area contributed by atoms with E-state index in [0.29, 0.717) is 15.6 Å². The standard InChI is InChI=1S/C17H18BrF2N/c1-3-6-21-17(12-8-13(18)10-14(19)9-12)15-7-11(2)4-5-16(15)20/h4-5,7-10,17,21H,3,6H2,1-2H3. The molecular formula is C17H18BrF2N. The monoisotopic (exact) mass is 353 g/mol. The molecule has 1 unspecified atom stereocenters. The van der Waals surface area contributed by atoms with Crippen LogP contribution in [0.5, 0.6) is 0 Å². The summed E-state index contributed by atoms with van der Waals surface area (Å²) in [5.41, 5.74) is 2.23. The number of benzene rings is 2. The number of rotatable bonds is 5. The maximum absolute atomic E-state index is 14.2. The van der Waals surface area contributed by atoms with E-state index in [1.165, 1.54) is 18.2 Å². The Hall–Kier alpha value is -1.26. The van der Waals surface area contributed by atoms with Crippen LogP contribution in [0.3, 0.4) is 0 Å². The minimum absolute atomic E-state index is 0.283. The van der Waals surface area contributed by atoms with Gasteiger partial charge in [0.2, 0.25) is 0 Å². The summed E-state index contributed by atoms with van der Waals surface area (Å²) in [5.74, 6) is -0.620. The van der Waals surface area contributed by atoms with E-state index < -0.39 is 0 Å². The highest BCUT2D eigenvalue weighted by Gasteiger charge is 2.18. The molecule has 4 heteroatoms. The van der Waals surface area contributed by atoms with Crippen molar-refractivity contribution < 1.29 is 8.78 Å². The Labute approximate surface area is 132 Å². The Bertz CT molecular complexity index is 608. The Kier molecular flexibility index (Phi) is 5.48. The minimum atomic E-state index is -0.364. The van der Waals surface area contributed by atoms with Crippen molar-refractivity contribution in [1.29, 1.82) is 0 Å². The molecule has 112 valence electrons. The molecule has 0 aromatic heterocycles. The van der Waals surface area contributed by atoms with E-state index in [-0.39, 0.29) is 17.7 Å². The molecule has 1 nitrogen and oxygen atoms in total. The van der Waals surface area contributed by atoms with Gasteiger partial charge in [-0.15, -0.1) is 0 Å². The van der Waals surface area contributed by atoms with Crippen LogP contribution >= 0.6 is 15.9 Å². The van der Waals surface area contributed by atoms with Crippen molar-refractivity contribution in [1.82, 2.24) is 5.32 Å². The van der Waals surface area contributed by atoms with Crippen molar-refractivity contribution in [3.05, 3.63) is 69.2 Å². The Morgan fingerprint density at radius 3 is 2.57 bits per heavy atom. The highest BCUT2D eigenvalue weighted by Crippen LogP contribution is 2.28. The summed E-state index contributed by atoms with van der Waals surface area (Å²) < 4.78 is 28.5. The van der Waals surface area contributed by atoms with Crippen LogP contribution in [0.2, 0.25) is 0 Å². The normalized spacial score (nSPS) is 12.4. The molecule has 0 aliphatic carbocycles. The Morgan fingerprint density at radius 2 is 1.90 bits per heavy atom. The molecule has 0 saturated carbocycles. The first-order chi connectivity index (χ1) is 10.0. The first kappa shape index (κ1) is 16.1. The van der Waals surface area contributed by atoms with E-state index in [2.05, 4.69) is 21.2 Å². The average Bonchev–Trinajstić information content (AvgIpc) is 2.42. The van der Waals surface area contributed by atoms with Gasteiger partial charge in [-0.05, 0) is 49.7 Å². The van der Waals surface area contributed by atoms with E-state index >= 15 is 0 Å². The number of nitrogens with one attached hydrogen (secondary N) is 1. The molecule has 0 spiro atoms. The first-order valence-corrected chi connectivity index (χ1v) is 7.76. The molecule has 0 heterocycles. The highest BCUT2D eigenvalue weighted by molar-refractivity contribution is 9.10. The van der Waals surface area contributed by atoms with Crippen LogP contribution in [0.4, 0.5) is 8.78 Å². The van der Waals surface area contributed by atoms with Gasteiger partial charge in [0.1, 0.15) is 11.6 Å². The summed E-state index contributed by atoms with van der Waals surface area (Å²) in [6, 6.07) is 9.29. The second-order valence-electron chi connectivity index (χ2n) is 5.11. The summed E-state index contributed by atoms with van der Waals surface area (Å²) in [5, 5.41) is 3.30. The maximum Gasteiger partial charge on any atom is 0.128 e. The van der Waals surface area contributed by atoms with Crippen LogP contribution in [0.15, 0.2) is 40.9 Å². The van der Waals surface area contributed by atoms with Crippen molar-refractivity contribution in [3.63, 3.8) is 0 Å². The molecule has 0 saturated heterocycles. The molecule has 2 rings (SSSR count). The zero-order valence-corrected chi connectivity index (χ0v) is 13.7. The van der Waals surface area contributed by atoms with E-state index in [4.69, 9.17) is 0 Å². The molecule has 0 aliphatic heterocycles. The summed E-state index contributed by atoms with van der Waals surface area (Å²) in [6.45, 7) is 4.69. The fraction of sp³-hybridized carbons (Fsp3) is 0.294. The van der Waals surface area contributed by atoms with Crippen molar-refractivity contribution in [2.24, 2.45) is 0 Å². The van der Waals surface area contributed by atoms with Gasteiger partial charge in [-0.25, -0.2) is 8.78 Å². The number of halogens is 3. The first-order valence-electron chi connectivity index (χ1n) is 6.96. The van der Waals surface area contributed by atoms with Gasteiger partial charge in [0, 0.05) is 10.0 Å². The smallest absolute Gasteiger partial charge is 0.128 e. The maximum atomic E-state index is 14.2. The zero-order chi connectivity index (χ0) is 15.4. The van der Waals surface area contributed by atoms with Crippen molar-refractivity contribution >= 4 is 15.9 Å². The van der Waals surface area contributed by atoms with Gasteiger partial charge in [-0.2, -0.15) is 0 Å². The van der Waals surface area contributed by atoms with Crippen LogP contribution in [0.1, 0.15) is 36.1 Å². The lowest BCUT2D eigenvalue weighted by molar-refractivity contribution is 0.542. The van der Waals surface area contributed by atoms with Gasteiger partial charge < -0.3 is 5.32 Å². The molecule has 21 heavy (non-hydrogen) atoms. The molecule has 1 N–H and O–H groups in total. The van der Waals surface area contributed by atoms with Crippen LogP contribution < -0.4 is 5.32 Å². The van der Waals surface area contributed by atoms with Gasteiger partial charge in [-0.3, -0.25) is 0 Å². The number of hydrogen-bond acceptors (Lipinski definition) is 1. The van der Waals surface area contributed by atoms with Gasteiger partial charge in [0.05, 0.1) is 6.04 Å². The lowest BCUT2D eigenvalue weighted by atomic mass is 9.96. The highest BCUT2D eigenvalue weighted by atomic mass is 79.9. The number of aryl methyl sites for hydroxylation is 1. The van der Waals surface area contributed by atoms with Crippen molar-refractivity contribution in [2.75, 3.05) is 6.54 Å². The van der Waals surface area contributed by atoms with Crippen LogP contribution in [0, 0.1) is 18.6 Å². The van der Waals surface area contributed by atoms with Crippen LogP contribution in [0.25, 0.3) is 0 Å². The second-order valence-corrected chi connectivity index (χ2v) is 6.03.